The molecular weight excluding hydrogens is 256 g/mol. The molecule has 0 saturated heterocycles. The summed E-state index contributed by atoms with van der Waals surface area (Å²) in [6.45, 7) is 1.92. The highest BCUT2D eigenvalue weighted by atomic mass is 32.2. The molecule has 1 heterocycles. The molecule has 0 amide bonds. The molecule has 0 aliphatic heterocycles. The monoisotopic (exact) mass is 272 g/mol. The third-order valence-corrected chi connectivity index (χ3v) is 3.45. The van der Waals surface area contributed by atoms with Gasteiger partial charge in [-0.05, 0) is 0 Å². The zero-order valence-corrected chi connectivity index (χ0v) is 11.4. The van der Waals surface area contributed by atoms with Gasteiger partial charge in [-0.15, -0.1) is 0 Å². The molecule has 0 fully saturated rings. The van der Waals surface area contributed by atoms with Crippen LogP contribution in [0.15, 0.2) is 21.5 Å². The zero-order chi connectivity index (χ0) is 13.5. The van der Waals surface area contributed by atoms with Crippen LogP contribution in [0.3, 0.4) is 0 Å². The Morgan fingerprint density at radius 3 is 2.78 bits per heavy atom. The smallest absolute Gasteiger partial charge is 0.306 e. The lowest BCUT2D eigenvalue weighted by atomic mass is 10.3. The van der Waals surface area contributed by atoms with E-state index in [4.69, 9.17) is 9.15 Å². The fraction of sp³-hybridized carbons (Fsp3) is 0.500. The van der Waals surface area contributed by atoms with E-state index in [9.17, 15) is 9.59 Å². The van der Waals surface area contributed by atoms with Crippen LogP contribution in [0.25, 0.3) is 0 Å². The van der Waals surface area contributed by atoms with Crippen LogP contribution in [-0.2, 0) is 15.3 Å². The highest BCUT2D eigenvalue weighted by Crippen LogP contribution is 2.20. The Balaban J connectivity index is 2.51. The fourth-order valence-corrected chi connectivity index (χ4v) is 2.12. The van der Waals surface area contributed by atoms with E-state index in [1.165, 1.54) is 38.3 Å². The van der Waals surface area contributed by atoms with Gasteiger partial charge in [-0.2, -0.15) is 11.8 Å². The first-order valence-corrected chi connectivity index (χ1v) is 6.45. The largest absolute Gasteiger partial charge is 0.490 e. The average Bonchev–Trinajstić information content (AvgIpc) is 2.36. The Kier molecular flexibility index (Phi) is 5.77. The Morgan fingerprint density at radius 2 is 2.22 bits per heavy atom. The van der Waals surface area contributed by atoms with Crippen LogP contribution in [-0.4, -0.2) is 25.4 Å². The SMILES string of the molecule is COC(=O)C[C@@H](C)SCc1cc(=O)c(OC)co1. The van der Waals surface area contributed by atoms with Gasteiger partial charge in [0.15, 0.2) is 0 Å². The molecule has 0 aliphatic rings. The van der Waals surface area contributed by atoms with Crippen LogP contribution in [0, 0.1) is 0 Å². The van der Waals surface area contributed by atoms with E-state index in [1.54, 1.807) is 0 Å². The molecule has 5 nitrogen and oxygen atoms in total. The van der Waals surface area contributed by atoms with E-state index >= 15 is 0 Å². The molecule has 18 heavy (non-hydrogen) atoms. The van der Waals surface area contributed by atoms with Gasteiger partial charge in [-0.1, -0.05) is 6.92 Å². The second-order valence-electron chi connectivity index (χ2n) is 3.68. The predicted molar refractivity (Wildman–Crippen MR) is 68.9 cm³/mol. The molecule has 0 N–H and O–H groups in total. The molecule has 0 aliphatic carbocycles. The molecule has 1 aromatic heterocycles. The normalized spacial score (nSPS) is 11.9. The van der Waals surface area contributed by atoms with Gasteiger partial charge >= 0.3 is 5.97 Å². The summed E-state index contributed by atoms with van der Waals surface area (Å²) in [5.74, 6) is 1.03. The van der Waals surface area contributed by atoms with Crippen LogP contribution in [0.2, 0.25) is 0 Å². The molecule has 0 unspecified atom stereocenters. The van der Waals surface area contributed by atoms with Crippen molar-refractivity contribution in [2.45, 2.75) is 24.3 Å². The van der Waals surface area contributed by atoms with Crippen molar-refractivity contribution in [3.8, 4) is 5.75 Å². The number of hydrogen-bond donors (Lipinski definition) is 0. The van der Waals surface area contributed by atoms with E-state index in [-0.39, 0.29) is 22.4 Å². The maximum atomic E-state index is 11.5. The summed E-state index contributed by atoms with van der Waals surface area (Å²) < 4.78 is 14.6. The lowest BCUT2D eigenvalue weighted by Crippen LogP contribution is -2.09. The third-order valence-electron chi connectivity index (χ3n) is 2.26. The molecular formula is C12H16O5S. The molecule has 0 aromatic carbocycles. The minimum atomic E-state index is -0.244. The third kappa shape index (κ3) is 4.44. The number of ether oxygens (including phenoxy) is 2. The number of methoxy groups -OCH3 is 2. The van der Waals surface area contributed by atoms with Crippen molar-refractivity contribution < 1.29 is 18.7 Å². The van der Waals surface area contributed by atoms with Crippen molar-refractivity contribution in [3.05, 3.63) is 28.3 Å². The van der Waals surface area contributed by atoms with Gasteiger partial charge in [-0.3, -0.25) is 9.59 Å². The fourth-order valence-electron chi connectivity index (χ4n) is 1.26. The van der Waals surface area contributed by atoms with Gasteiger partial charge in [0, 0.05) is 11.3 Å². The minimum absolute atomic E-state index is 0.102. The summed E-state index contributed by atoms with van der Waals surface area (Å²) >= 11 is 1.52. The second-order valence-corrected chi connectivity index (χ2v) is 5.11. The number of thioether (sulfide) groups is 1. The maximum Gasteiger partial charge on any atom is 0.306 e. The maximum absolute atomic E-state index is 11.5. The predicted octanol–water partition coefficient (Wildman–Crippen LogP) is 1.83. The van der Waals surface area contributed by atoms with Gasteiger partial charge in [-0.25, -0.2) is 0 Å². The van der Waals surface area contributed by atoms with Crippen molar-refractivity contribution in [3.63, 3.8) is 0 Å². The Labute approximate surface area is 109 Å². The highest BCUT2D eigenvalue weighted by Gasteiger charge is 2.11. The Bertz CT molecular complexity index is 454. The van der Waals surface area contributed by atoms with Gasteiger partial charge < -0.3 is 13.9 Å². The molecule has 1 rings (SSSR count). The summed E-state index contributed by atoms with van der Waals surface area (Å²) in [7, 11) is 2.78. The minimum Gasteiger partial charge on any atom is -0.490 e. The number of carbonyl (C=O) groups excluding carboxylic acids is 1. The number of hydrogen-bond acceptors (Lipinski definition) is 6. The first kappa shape index (κ1) is 14.6. The molecule has 100 valence electrons. The lowest BCUT2D eigenvalue weighted by Gasteiger charge is -2.09. The first-order chi connectivity index (χ1) is 8.56. The summed E-state index contributed by atoms with van der Waals surface area (Å²) in [5, 5.41) is 0.102. The number of esters is 1. The van der Waals surface area contributed by atoms with E-state index in [1.807, 2.05) is 6.92 Å². The molecule has 1 aromatic rings. The zero-order valence-electron chi connectivity index (χ0n) is 10.6. The van der Waals surface area contributed by atoms with Crippen molar-refractivity contribution in [1.82, 2.24) is 0 Å². The number of rotatable bonds is 6. The van der Waals surface area contributed by atoms with E-state index in [2.05, 4.69) is 4.74 Å². The number of carbonyl (C=O) groups is 1. The van der Waals surface area contributed by atoms with E-state index < -0.39 is 0 Å². The van der Waals surface area contributed by atoms with Crippen LogP contribution in [0.1, 0.15) is 19.1 Å². The standard InChI is InChI=1S/C12H16O5S/c1-8(4-12(14)16-3)18-7-9-5-10(13)11(15-2)6-17-9/h5-6,8H,4,7H2,1-3H3/t8-/m1/s1. The molecule has 6 heteroatoms. The molecule has 0 spiro atoms. The lowest BCUT2D eigenvalue weighted by molar-refractivity contribution is -0.140. The van der Waals surface area contributed by atoms with E-state index in [0.717, 1.165) is 0 Å². The van der Waals surface area contributed by atoms with Crippen LogP contribution < -0.4 is 10.2 Å². The summed E-state index contributed by atoms with van der Waals surface area (Å²) in [6.07, 6.45) is 1.63. The van der Waals surface area contributed by atoms with Crippen LogP contribution >= 0.6 is 11.8 Å². The topological polar surface area (TPSA) is 65.7 Å². The van der Waals surface area contributed by atoms with E-state index in [0.29, 0.717) is 17.9 Å². The van der Waals surface area contributed by atoms with Crippen molar-refractivity contribution >= 4 is 17.7 Å². The quantitative estimate of drug-likeness (QED) is 0.736. The van der Waals surface area contributed by atoms with Gasteiger partial charge in [0.2, 0.25) is 11.2 Å². The summed E-state index contributed by atoms with van der Waals surface area (Å²) in [4.78, 5) is 22.5. The van der Waals surface area contributed by atoms with Crippen molar-refractivity contribution in [2.75, 3.05) is 14.2 Å². The van der Waals surface area contributed by atoms with Crippen molar-refractivity contribution in [1.29, 1.82) is 0 Å². The molecule has 1 atom stereocenters. The molecule has 0 bridgehead atoms. The van der Waals surface area contributed by atoms with Crippen LogP contribution in [0.4, 0.5) is 0 Å². The van der Waals surface area contributed by atoms with Gasteiger partial charge in [0.05, 0.1) is 26.4 Å². The summed E-state index contributed by atoms with van der Waals surface area (Å²) in [5.41, 5.74) is -0.208. The van der Waals surface area contributed by atoms with Crippen molar-refractivity contribution in [2.24, 2.45) is 0 Å². The summed E-state index contributed by atoms with van der Waals surface area (Å²) in [6, 6.07) is 1.40. The first-order valence-electron chi connectivity index (χ1n) is 5.41. The highest BCUT2D eigenvalue weighted by molar-refractivity contribution is 7.99. The van der Waals surface area contributed by atoms with Gasteiger partial charge in [0.25, 0.3) is 0 Å². The Morgan fingerprint density at radius 1 is 1.50 bits per heavy atom. The second kappa shape index (κ2) is 7.10. The van der Waals surface area contributed by atoms with Gasteiger partial charge in [0.1, 0.15) is 12.0 Å². The molecule has 0 radical (unpaired) electrons. The Hall–Kier alpha value is -1.43. The van der Waals surface area contributed by atoms with Crippen LogP contribution in [0.5, 0.6) is 5.75 Å². The average molecular weight is 272 g/mol. The molecule has 0 saturated carbocycles.